The van der Waals surface area contributed by atoms with E-state index < -0.39 is 11.6 Å². The lowest BCUT2D eigenvalue weighted by atomic mass is 9.78. The molecule has 0 radical (unpaired) electrons. The lowest BCUT2D eigenvalue weighted by molar-refractivity contribution is 0.248. The Bertz CT molecular complexity index is 826. The largest absolute Gasteiger partial charge is 0.203 e. The molecule has 0 N–H and O–H groups in total. The van der Waals surface area contributed by atoms with E-state index in [1.165, 1.54) is 51.4 Å². The molecule has 2 nitrogen and oxygen atoms in total. The molecule has 0 spiro atoms. The standard InChI is InChI=1S/C29H42F2N2/c1-3-5-7-9-11-24-17-20-26(29(31)28(24)30)27-21-19-25(32-33-27)18-16-23-14-12-22(13-15-23)10-8-6-4-2/h17,19-23H,3-16,18H2,1-2H3. The third-order valence-electron chi connectivity index (χ3n) is 7.45. The SMILES string of the molecule is CCCCCCc1ccc(-c2ccc(CCC3CCC(CCCCC)CC3)nn2)c(F)c1F. The number of hydrogen-bond donors (Lipinski definition) is 0. The summed E-state index contributed by atoms with van der Waals surface area (Å²) in [4.78, 5) is 0. The maximum atomic E-state index is 14.7. The molecule has 2 aromatic rings. The highest BCUT2D eigenvalue weighted by Crippen LogP contribution is 2.34. The first kappa shape index (κ1) is 25.8. The summed E-state index contributed by atoms with van der Waals surface area (Å²) in [7, 11) is 0. The van der Waals surface area contributed by atoms with Crippen LogP contribution in [-0.4, -0.2) is 10.2 Å². The molecule has 1 aromatic heterocycles. The first-order chi connectivity index (χ1) is 16.1. The fourth-order valence-electron chi connectivity index (χ4n) is 5.20. The number of nitrogens with zero attached hydrogens (tertiary/aromatic N) is 2. The Kier molecular flexibility index (Phi) is 10.8. The molecule has 0 aliphatic heterocycles. The molecule has 0 amide bonds. The Morgan fingerprint density at radius 1 is 0.697 bits per heavy atom. The van der Waals surface area contributed by atoms with Gasteiger partial charge in [-0.2, -0.15) is 10.2 Å². The van der Waals surface area contributed by atoms with Gasteiger partial charge in [-0.15, -0.1) is 0 Å². The Balaban J connectivity index is 1.49. The molecule has 3 rings (SSSR count). The average Bonchev–Trinajstić information content (AvgIpc) is 2.84. The van der Waals surface area contributed by atoms with Crippen molar-refractivity contribution in [1.82, 2.24) is 10.2 Å². The van der Waals surface area contributed by atoms with Crippen LogP contribution in [0, 0.1) is 23.5 Å². The first-order valence-corrected chi connectivity index (χ1v) is 13.4. The van der Waals surface area contributed by atoms with Crippen molar-refractivity contribution in [3.05, 3.63) is 47.2 Å². The van der Waals surface area contributed by atoms with Crippen LogP contribution in [0.25, 0.3) is 11.3 Å². The van der Waals surface area contributed by atoms with Crippen molar-refractivity contribution in [2.75, 3.05) is 0 Å². The fourth-order valence-corrected chi connectivity index (χ4v) is 5.20. The molecule has 4 heteroatoms. The minimum absolute atomic E-state index is 0.199. The minimum atomic E-state index is -0.805. The molecular formula is C29H42F2N2. The van der Waals surface area contributed by atoms with E-state index in [1.807, 2.05) is 6.07 Å². The molecule has 0 atom stereocenters. The van der Waals surface area contributed by atoms with Gasteiger partial charge in [-0.3, -0.25) is 0 Å². The summed E-state index contributed by atoms with van der Waals surface area (Å²) >= 11 is 0. The molecule has 1 aromatic carbocycles. The van der Waals surface area contributed by atoms with Gasteiger partial charge in [0.15, 0.2) is 11.6 Å². The quantitative estimate of drug-likeness (QED) is 0.281. The van der Waals surface area contributed by atoms with Gasteiger partial charge in [-0.1, -0.05) is 90.5 Å². The van der Waals surface area contributed by atoms with Crippen molar-refractivity contribution in [1.29, 1.82) is 0 Å². The zero-order chi connectivity index (χ0) is 23.5. The molecule has 0 unspecified atom stereocenters. The van der Waals surface area contributed by atoms with Crippen LogP contribution in [0.3, 0.4) is 0 Å². The van der Waals surface area contributed by atoms with Gasteiger partial charge >= 0.3 is 0 Å². The summed E-state index contributed by atoms with van der Waals surface area (Å²) in [5, 5.41) is 8.56. The van der Waals surface area contributed by atoms with Crippen LogP contribution in [-0.2, 0) is 12.8 Å². The summed E-state index contributed by atoms with van der Waals surface area (Å²) in [5.41, 5.74) is 2.00. The van der Waals surface area contributed by atoms with Gasteiger partial charge in [-0.25, -0.2) is 8.78 Å². The molecule has 1 saturated carbocycles. The first-order valence-electron chi connectivity index (χ1n) is 13.4. The second-order valence-corrected chi connectivity index (χ2v) is 10.0. The van der Waals surface area contributed by atoms with E-state index in [0.29, 0.717) is 17.7 Å². The van der Waals surface area contributed by atoms with E-state index >= 15 is 0 Å². The number of unbranched alkanes of at least 4 members (excludes halogenated alkanes) is 5. The fraction of sp³-hybridized carbons (Fsp3) is 0.655. The highest BCUT2D eigenvalue weighted by Gasteiger charge is 2.21. The molecule has 0 bridgehead atoms. The number of benzene rings is 1. The normalized spacial score (nSPS) is 18.5. The van der Waals surface area contributed by atoms with Crippen molar-refractivity contribution in [3.63, 3.8) is 0 Å². The topological polar surface area (TPSA) is 25.8 Å². The molecule has 1 fully saturated rings. The van der Waals surface area contributed by atoms with Crippen LogP contribution in [0.1, 0.15) is 109 Å². The van der Waals surface area contributed by atoms with Crippen molar-refractivity contribution < 1.29 is 8.78 Å². The van der Waals surface area contributed by atoms with Gasteiger partial charge in [0.25, 0.3) is 0 Å². The van der Waals surface area contributed by atoms with Crippen LogP contribution >= 0.6 is 0 Å². The number of hydrogen-bond acceptors (Lipinski definition) is 2. The van der Waals surface area contributed by atoms with E-state index in [2.05, 4.69) is 24.0 Å². The lowest BCUT2D eigenvalue weighted by Gasteiger charge is -2.28. The van der Waals surface area contributed by atoms with Crippen LogP contribution in [0.15, 0.2) is 24.3 Å². The third kappa shape index (κ3) is 7.86. The van der Waals surface area contributed by atoms with Crippen LogP contribution in [0.5, 0.6) is 0 Å². The summed E-state index contributed by atoms with van der Waals surface area (Å²) in [6, 6.07) is 7.06. The van der Waals surface area contributed by atoms with E-state index in [0.717, 1.165) is 56.1 Å². The Morgan fingerprint density at radius 3 is 2.06 bits per heavy atom. The Hall–Kier alpha value is -1.84. The smallest absolute Gasteiger partial charge is 0.168 e. The average molecular weight is 457 g/mol. The highest BCUT2D eigenvalue weighted by atomic mass is 19.2. The van der Waals surface area contributed by atoms with Gasteiger partial charge in [0.1, 0.15) is 0 Å². The van der Waals surface area contributed by atoms with Crippen molar-refractivity contribution in [2.45, 2.75) is 110 Å². The molecule has 182 valence electrons. The predicted molar refractivity (Wildman–Crippen MR) is 133 cm³/mol. The second kappa shape index (κ2) is 13.8. The van der Waals surface area contributed by atoms with E-state index in [-0.39, 0.29) is 5.56 Å². The predicted octanol–water partition coefficient (Wildman–Crippen LogP) is 8.86. The molecular weight excluding hydrogens is 414 g/mol. The molecule has 1 aliphatic carbocycles. The molecule has 0 saturated heterocycles. The number of aromatic nitrogens is 2. The van der Waals surface area contributed by atoms with Crippen molar-refractivity contribution >= 4 is 0 Å². The Labute approximate surface area is 199 Å². The van der Waals surface area contributed by atoms with Crippen LogP contribution < -0.4 is 0 Å². The van der Waals surface area contributed by atoms with Gasteiger partial charge in [0.2, 0.25) is 0 Å². The zero-order valence-corrected chi connectivity index (χ0v) is 20.7. The highest BCUT2D eigenvalue weighted by molar-refractivity contribution is 5.60. The summed E-state index contributed by atoms with van der Waals surface area (Å²) in [5.74, 6) is 0.177. The van der Waals surface area contributed by atoms with Crippen LogP contribution in [0.4, 0.5) is 8.78 Å². The van der Waals surface area contributed by atoms with Crippen molar-refractivity contribution in [2.24, 2.45) is 11.8 Å². The van der Waals surface area contributed by atoms with Gasteiger partial charge < -0.3 is 0 Å². The maximum Gasteiger partial charge on any atom is 0.168 e. The number of rotatable bonds is 13. The number of aryl methyl sites for hydroxylation is 2. The molecule has 1 heterocycles. The van der Waals surface area contributed by atoms with E-state index in [1.54, 1.807) is 18.2 Å². The number of halogens is 2. The monoisotopic (exact) mass is 456 g/mol. The van der Waals surface area contributed by atoms with Crippen molar-refractivity contribution in [3.8, 4) is 11.3 Å². The zero-order valence-electron chi connectivity index (χ0n) is 20.7. The Morgan fingerprint density at radius 2 is 1.39 bits per heavy atom. The van der Waals surface area contributed by atoms with E-state index in [4.69, 9.17) is 0 Å². The lowest BCUT2D eigenvalue weighted by Crippen LogP contribution is -2.15. The molecule has 33 heavy (non-hydrogen) atoms. The summed E-state index contributed by atoms with van der Waals surface area (Å²) in [6.07, 6.45) is 17.7. The minimum Gasteiger partial charge on any atom is -0.203 e. The van der Waals surface area contributed by atoms with Gasteiger partial charge in [-0.05, 0) is 61.3 Å². The second-order valence-electron chi connectivity index (χ2n) is 10.0. The summed E-state index contributed by atoms with van der Waals surface area (Å²) < 4.78 is 29.3. The molecule has 1 aliphatic rings. The van der Waals surface area contributed by atoms with Crippen LogP contribution in [0.2, 0.25) is 0 Å². The third-order valence-corrected chi connectivity index (χ3v) is 7.45. The van der Waals surface area contributed by atoms with Gasteiger partial charge in [0.05, 0.1) is 11.4 Å². The maximum absolute atomic E-state index is 14.7. The van der Waals surface area contributed by atoms with E-state index in [9.17, 15) is 8.78 Å². The van der Waals surface area contributed by atoms with Gasteiger partial charge in [0, 0.05) is 5.56 Å². The summed E-state index contributed by atoms with van der Waals surface area (Å²) in [6.45, 7) is 4.41.